The molecule has 1 atom stereocenters. The Kier molecular flexibility index (Phi) is 4.70. The highest BCUT2D eigenvalue weighted by atomic mass is 16.5. The number of phenols is 1. The number of fused-ring (bicyclic) bond motifs is 1. The zero-order chi connectivity index (χ0) is 19.8. The Balaban J connectivity index is 1.73. The number of hydrogen-bond acceptors (Lipinski definition) is 6. The van der Waals surface area contributed by atoms with Crippen LogP contribution in [0.3, 0.4) is 0 Å². The van der Waals surface area contributed by atoms with Crippen LogP contribution in [0, 0.1) is 0 Å². The van der Waals surface area contributed by atoms with Crippen molar-refractivity contribution in [3.05, 3.63) is 42.0 Å². The van der Waals surface area contributed by atoms with E-state index in [4.69, 9.17) is 10.5 Å². The van der Waals surface area contributed by atoms with E-state index < -0.39 is 0 Å². The van der Waals surface area contributed by atoms with Gasteiger partial charge in [0.2, 0.25) is 5.88 Å². The number of aromatic amines is 1. The van der Waals surface area contributed by atoms with Gasteiger partial charge in [-0.05, 0) is 30.7 Å². The van der Waals surface area contributed by atoms with E-state index in [2.05, 4.69) is 9.88 Å². The van der Waals surface area contributed by atoms with E-state index in [0.717, 1.165) is 17.8 Å². The molecule has 1 aliphatic rings. The maximum atomic E-state index is 11.9. The van der Waals surface area contributed by atoms with Gasteiger partial charge in [-0.1, -0.05) is 12.1 Å². The number of morpholine rings is 1. The molecule has 0 spiro atoms. The number of phenolic OH excluding ortho intramolecular Hbond substituents is 1. The average Bonchev–Trinajstić information content (AvgIpc) is 3.02. The van der Waals surface area contributed by atoms with Crippen LogP contribution in [0.4, 0.5) is 5.69 Å². The Morgan fingerprint density at radius 3 is 2.71 bits per heavy atom. The minimum absolute atomic E-state index is 0.0720. The summed E-state index contributed by atoms with van der Waals surface area (Å²) in [5.41, 5.74) is 9.06. The Hall–Kier alpha value is -3.03. The molecule has 7 nitrogen and oxygen atoms in total. The minimum atomic E-state index is -0.240. The second kappa shape index (κ2) is 7.18. The maximum absolute atomic E-state index is 11.9. The predicted molar refractivity (Wildman–Crippen MR) is 108 cm³/mol. The van der Waals surface area contributed by atoms with Gasteiger partial charge in [0.25, 0.3) is 0 Å². The van der Waals surface area contributed by atoms with Crippen LogP contribution in [-0.2, 0) is 4.74 Å². The molecule has 3 aromatic rings. The number of carbonyl (C=O) groups is 1. The summed E-state index contributed by atoms with van der Waals surface area (Å²) in [6.07, 6.45) is 0. The lowest BCUT2D eigenvalue weighted by Crippen LogP contribution is -2.49. The van der Waals surface area contributed by atoms with Crippen molar-refractivity contribution in [3.8, 4) is 22.8 Å². The molecule has 28 heavy (non-hydrogen) atoms. The number of aromatic hydroxyl groups is 2. The van der Waals surface area contributed by atoms with Crippen LogP contribution in [0.25, 0.3) is 22.0 Å². The molecule has 0 radical (unpaired) electrons. The Morgan fingerprint density at radius 2 is 2.04 bits per heavy atom. The Morgan fingerprint density at radius 1 is 1.29 bits per heavy atom. The number of benzene rings is 2. The van der Waals surface area contributed by atoms with Gasteiger partial charge >= 0.3 is 0 Å². The smallest absolute Gasteiger partial charge is 0.200 e. The zero-order valence-electron chi connectivity index (χ0n) is 15.6. The number of rotatable bonds is 4. The summed E-state index contributed by atoms with van der Waals surface area (Å²) in [5, 5.41) is 21.1. The lowest BCUT2D eigenvalue weighted by molar-refractivity contribution is 0.0962. The van der Waals surface area contributed by atoms with Gasteiger partial charge in [-0.25, -0.2) is 0 Å². The van der Waals surface area contributed by atoms with E-state index in [9.17, 15) is 15.0 Å². The first-order chi connectivity index (χ1) is 13.5. The summed E-state index contributed by atoms with van der Waals surface area (Å²) < 4.78 is 5.50. The molecule has 2 heterocycles. The normalized spacial score (nSPS) is 17.2. The number of hydrogen-bond donors (Lipinski definition) is 4. The largest absolute Gasteiger partial charge is 0.507 e. The molecule has 0 bridgehead atoms. The number of H-pyrrole nitrogens is 1. The third-order valence-electron chi connectivity index (χ3n) is 5.26. The number of carbonyl (C=O) groups excluding carboxylic acids is 1. The number of aromatic nitrogens is 1. The van der Waals surface area contributed by atoms with Gasteiger partial charge in [0, 0.05) is 35.8 Å². The molecule has 5 N–H and O–H groups in total. The van der Waals surface area contributed by atoms with Gasteiger partial charge in [0.1, 0.15) is 5.75 Å². The summed E-state index contributed by atoms with van der Waals surface area (Å²) >= 11 is 0. The number of ketones is 1. The fourth-order valence-corrected chi connectivity index (χ4v) is 3.83. The lowest BCUT2D eigenvalue weighted by atomic mass is 10.00. The third-order valence-corrected chi connectivity index (χ3v) is 5.26. The second-order valence-electron chi connectivity index (χ2n) is 7.02. The average molecular weight is 381 g/mol. The molecule has 0 amide bonds. The van der Waals surface area contributed by atoms with Crippen LogP contribution in [-0.4, -0.2) is 53.3 Å². The lowest BCUT2D eigenvalue weighted by Gasteiger charge is -2.36. The molecule has 146 valence electrons. The van der Waals surface area contributed by atoms with Gasteiger partial charge in [-0.3, -0.25) is 4.79 Å². The number of nitrogens with two attached hydrogens (primary N) is 1. The number of Topliss-reactive ketones (excluding diaryl/α,β-unsaturated/α-hetero) is 1. The highest BCUT2D eigenvalue weighted by Crippen LogP contribution is 2.38. The van der Waals surface area contributed by atoms with Crippen molar-refractivity contribution in [2.75, 3.05) is 31.2 Å². The summed E-state index contributed by atoms with van der Waals surface area (Å²) in [4.78, 5) is 16.9. The summed E-state index contributed by atoms with van der Waals surface area (Å²) in [6.45, 7) is 3.98. The number of ether oxygens (including phenoxy) is 1. The first-order valence-electron chi connectivity index (χ1n) is 9.23. The molecule has 1 saturated heterocycles. The summed E-state index contributed by atoms with van der Waals surface area (Å²) in [7, 11) is 0. The summed E-state index contributed by atoms with van der Waals surface area (Å²) in [5.74, 6) is -0.353. The molecule has 1 aliphatic heterocycles. The van der Waals surface area contributed by atoms with Crippen molar-refractivity contribution in [1.29, 1.82) is 0 Å². The van der Waals surface area contributed by atoms with Crippen LogP contribution >= 0.6 is 0 Å². The fraction of sp³-hybridized carbons (Fsp3) is 0.286. The molecular formula is C21H23N3O4. The van der Waals surface area contributed by atoms with Crippen LogP contribution in [0.5, 0.6) is 11.6 Å². The molecule has 1 aromatic heterocycles. The molecule has 2 aromatic carbocycles. The minimum Gasteiger partial charge on any atom is -0.507 e. The van der Waals surface area contributed by atoms with Crippen molar-refractivity contribution < 1.29 is 19.7 Å². The molecule has 1 fully saturated rings. The molecule has 0 aliphatic carbocycles. The van der Waals surface area contributed by atoms with E-state index in [1.165, 1.54) is 13.0 Å². The highest BCUT2D eigenvalue weighted by molar-refractivity contribution is 6.10. The SMILES string of the molecule is CC(=O)c1c(O)[nH]c2cc(O)c(-c3ccc(N4CCOCC4CN)cc3)cc12. The molecule has 7 heteroatoms. The monoisotopic (exact) mass is 381 g/mol. The van der Waals surface area contributed by atoms with Gasteiger partial charge in [0.05, 0.1) is 30.3 Å². The third kappa shape index (κ3) is 3.08. The topological polar surface area (TPSA) is 112 Å². The molecule has 4 rings (SSSR count). The van der Waals surface area contributed by atoms with Crippen LogP contribution in [0.2, 0.25) is 0 Å². The molecule has 1 unspecified atom stereocenters. The van der Waals surface area contributed by atoms with Crippen molar-refractivity contribution in [3.63, 3.8) is 0 Å². The van der Waals surface area contributed by atoms with Gasteiger partial charge < -0.3 is 30.6 Å². The Labute approximate surface area is 162 Å². The van der Waals surface area contributed by atoms with Crippen molar-refractivity contribution in [2.24, 2.45) is 5.73 Å². The zero-order valence-corrected chi connectivity index (χ0v) is 15.6. The second-order valence-corrected chi connectivity index (χ2v) is 7.02. The van der Waals surface area contributed by atoms with Crippen LogP contribution < -0.4 is 10.6 Å². The first kappa shape index (κ1) is 18.3. The van der Waals surface area contributed by atoms with Crippen LogP contribution in [0.1, 0.15) is 17.3 Å². The standard InChI is InChI=1S/C21H23N3O4/c1-12(25)20-17-8-16(19(26)9-18(17)23-21(20)27)13-2-4-14(5-3-13)24-6-7-28-11-15(24)10-22/h2-5,8-9,15,23,26-27H,6-7,10-11,22H2,1H3. The van der Waals surface area contributed by atoms with Gasteiger partial charge in [-0.2, -0.15) is 0 Å². The first-order valence-corrected chi connectivity index (χ1v) is 9.23. The van der Waals surface area contributed by atoms with E-state index in [0.29, 0.717) is 36.2 Å². The molecule has 0 saturated carbocycles. The van der Waals surface area contributed by atoms with E-state index in [1.54, 1.807) is 6.07 Å². The predicted octanol–water partition coefficient (Wildman–Crippen LogP) is 2.61. The number of nitrogens with zero attached hydrogens (tertiary/aromatic N) is 1. The van der Waals surface area contributed by atoms with Crippen molar-refractivity contribution >= 4 is 22.4 Å². The Bertz CT molecular complexity index is 1030. The van der Waals surface area contributed by atoms with Crippen molar-refractivity contribution in [2.45, 2.75) is 13.0 Å². The fourth-order valence-electron chi connectivity index (χ4n) is 3.83. The van der Waals surface area contributed by atoms with Gasteiger partial charge in [0.15, 0.2) is 5.78 Å². The maximum Gasteiger partial charge on any atom is 0.200 e. The van der Waals surface area contributed by atoms with E-state index >= 15 is 0 Å². The number of nitrogens with one attached hydrogen (secondary N) is 1. The van der Waals surface area contributed by atoms with Crippen LogP contribution in [0.15, 0.2) is 36.4 Å². The van der Waals surface area contributed by atoms with E-state index in [1.807, 2.05) is 24.3 Å². The van der Waals surface area contributed by atoms with Crippen molar-refractivity contribution in [1.82, 2.24) is 4.98 Å². The highest BCUT2D eigenvalue weighted by Gasteiger charge is 2.22. The number of anilines is 1. The van der Waals surface area contributed by atoms with Gasteiger partial charge in [-0.15, -0.1) is 0 Å². The summed E-state index contributed by atoms with van der Waals surface area (Å²) in [6, 6.07) is 11.2. The van der Waals surface area contributed by atoms with E-state index in [-0.39, 0.29) is 29.0 Å². The quantitative estimate of drug-likeness (QED) is 0.517. The molecular weight excluding hydrogens is 358 g/mol.